The largest absolute Gasteiger partial charge is 0.457 e. The number of hydrogen-bond acceptors (Lipinski definition) is 6. The number of para-hydroxylation sites is 1. The van der Waals surface area contributed by atoms with E-state index in [0.29, 0.717) is 23.7 Å². The van der Waals surface area contributed by atoms with Gasteiger partial charge in [0, 0.05) is 35.4 Å². The number of likely N-dealkylation sites (N-methyl/N-ethyl adjacent to an activating group) is 1. The number of aliphatic hydroxyl groups is 1. The Morgan fingerprint density at radius 2 is 1.43 bits per heavy atom. The van der Waals surface area contributed by atoms with Gasteiger partial charge in [-0.25, -0.2) is 4.79 Å². The molecule has 7 rings (SSSR count). The molecular weight excluding hydrogens is 663 g/mol. The Labute approximate surface area is 311 Å². The highest BCUT2D eigenvalue weighted by Gasteiger charge is 2.39. The molecule has 6 aromatic rings. The predicted octanol–water partition coefficient (Wildman–Crippen LogP) is 10.3. The molecule has 0 aliphatic carbocycles. The zero-order valence-electron chi connectivity index (χ0n) is 30.2. The number of nitrogens with zero attached hydrogens (tertiary/aromatic N) is 1. The molecule has 0 bridgehead atoms. The number of nitrogens with one attached hydrogen (secondary N) is 2. The average molecular weight is 708 g/mol. The van der Waals surface area contributed by atoms with Crippen molar-refractivity contribution in [3.8, 4) is 11.5 Å². The maximum atomic E-state index is 13.1. The van der Waals surface area contributed by atoms with E-state index in [0.717, 1.165) is 22.4 Å². The Bertz CT molecular complexity index is 2120. The first-order chi connectivity index (χ1) is 25.8. The molecule has 1 aliphatic rings. The minimum Gasteiger partial charge on any atom is -0.457 e. The van der Waals surface area contributed by atoms with Gasteiger partial charge < -0.3 is 30.0 Å². The van der Waals surface area contributed by atoms with Gasteiger partial charge in [-0.15, -0.1) is 0 Å². The van der Waals surface area contributed by atoms with E-state index < -0.39 is 6.29 Å². The molecule has 1 heterocycles. The average Bonchev–Trinajstić information content (AvgIpc) is 3.19. The molecule has 5 unspecified atom stereocenters. The van der Waals surface area contributed by atoms with Crippen molar-refractivity contribution in [3.63, 3.8) is 0 Å². The molecule has 6 aromatic carbocycles. The molecule has 0 saturated carbocycles. The van der Waals surface area contributed by atoms with Crippen molar-refractivity contribution in [1.29, 1.82) is 0 Å². The number of carbonyl (C=O) groups is 1. The molecule has 3 N–H and O–H groups in total. The lowest BCUT2D eigenvalue weighted by Gasteiger charge is -2.43. The van der Waals surface area contributed by atoms with Crippen LogP contribution in [0.15, 0.2) is 146 Å². The van der Waals surface area contributed by atoms with Gasteiger partial charge in [0.2, 0.25) is 0 Å². The lowest BCUT2D eigenvalue weighted by atomic mass is 9.89. The van der Waals surface area contributed by atoms with Gasteiger partial charge in [0.1, 0.15) is 11.5 Å². The fourth-order valence-electron chi connectivity index (χ4n) is 6.78. The van der Waals surface area contributed by atoms with Crippen LogP contribution in [0.4, 0.5) is 16.2 Å². The zero-order valence-corrected chi connectivity index (χ0v) is 30.2. The fourth-order valence-corrected chi connectivity index (χ4v) is 6.78. The standard InChI is InChI=1S/C45H45N3O5/c1-30-42(28-48(3)31(2)35-21-20-33-10-7-8-11-36(33)26-35)52-44(53-43(30)34-18-16-32(29-49)17-19-34)37-12-9-13-39(27-37)47-45(50)46-38-22-24-41(25-23-38)51-40-14-5-4-6-15-40/h4-27,30-31,42-44,49H,28-29H2,1-3H3,(H2,46,47,50). The van der Waals surface area contributed by atoms with Crippen LogP contribution < -0.4 is 15.4 Å². The van der Waals surface area contributed by atoms with Gasteiger partial charge in [-0.05, 0) is 96.0 Å². The molecular formula is C45H45N3O5. The van der Waals surface area contributed by atoms with Crippen LogP contribution in [0.3, 0.4) is 0 Å². The number of fused-ring (bicyclic) bond motifs is 1. The summed E-state index contributed by atoms with van der Waals surface area (Å²) in [6, 6.07) is 47.1. The molecule has 1 fully saturated rings. The van der Waals surface area contributed by atoms with Crippen LogP contribution in [-0.4, -0.2) is 35.7 Å². The predicted molar refractivity (Wildman–Crippen MR) is 210 cm³/mol. The van der Waals surface area contributed by atoms with Crippen molar-refractivity contribution in [3.05, 3.63) is 168 Å². The lowest BCUT2D eigenvalue weighted by Crippen LogP contribution is -2.44. The van der Waals surface area contributed by atoms with Crippen LogP contribution in [0, 0.1) is 5.92 Å². The maximum Gasteiger partial charge on any atom is 0.323 e. The number of hydrogen-bond donors (Lipinski definition) is 3. The van der Waals surface area contributed by atoms with E-state index in [4.69, 9.17) is 14.2 Å². The topological polar surface area (TPSA) is 92.3 Å². The number of rotatable bonds is 11. The molecule has 2 amide bonds. The van der Waals surface area contributed by atoms with Crippen LogP contribution >= 0.6 is 0 Å². The van der Waals surface area contributed by atoms with Gasteiger partial charge in [0.05, 0.1) is 18.8 Å². The van der Waals surface area contributed by atoms with Crippen molar-refractivity contribution in [2.24, 2.45) is 5.92 Å². The third kappa shape index (κ3) is 8.76. The van der Waals surface area contributed by atoms with Gasteiger partial charge in [-0.3, -0.25) is 4.90 Å². The third-order valence-electron chi connectivity index (χ3n) is 10.0. The molecule has 53 heavy (non-hydrogen) atoms. The van der Waals surface area contributed by atoms with E-state index in [2.05, 4.69) is 78.9 Å². The Morgan fingerprint density at radius 1 is 0.736 bits per heavy atom. The van der Waals surface area contributed by atoms with E-state index in [1.165, 1.54) is 16.3 Å². The summed E-state index contributed by atoms with van der Waals surface area (Å²) in [5.41, 5.74) is 5.15. The van der Waals surface area contributed by atoms with Crippen molar-refractivity contribution in [2.75, 3.05) is 24.2 Å². The molecule has 0 aromatic heterocycles. The number of ether oxygens (including phenoxy) is 3. The molecule has 0 spiro atoms. The Morgan fingerprint density at radius 3 is 2.19 bits per heavy atom. The number of aliphatic hydroxyl groups excluding tert-OH is 1. The summed E-state index contributed by atoms with van der Waals surface area (Å²) in [7, 11) is 2.14. The first kappa shape index (κ1) is 35.9. The number of carbonyl (C=O) groups excluding carboxylic acids is 1. The van der Waals surface area contributed by atoms with Crippen molar-refractivity contribution in [1.82, 2.24) is 4.90 Å². The van der Waals surface area contributed by atoms with Crippen LogP contribution in [0.2, 0.25) is 0 Å². The summed E-state index contributed by atoms with van der Waals surface area (Å²) in [6.45, 7) is 5.05. The quantitative estimate of drug-likeness (QED) is 0.124. The second-order valence-electron chi connectivity index (χ2n) is 13.7. The number of urea groups is 1. The van der Waals surface area contributed by atoms with Crippen LogP contribution in [-0.2, 0) is 16.1 Å². The van der Waals surface area contributed by atoms with Crippen LogP contribution in [0.25, 0.3) is 10.8 Å². The molecule has 1 saturated heterocycles. The molecule has 0 radical (unpaired) electrons. The molecule has 8 nitrogen and oxygen atoms in total. The van der Waals surface area contributed by atoms with Crippen LogP contribution in [0.1, 0.15) is 54.5 Å². The highest BCUT2D eigenvalue weighted by atomic mass is 16.7. The van der Waals surface area contributed by atoms with E-state index >= 15 is 0 Å². The van der Waals surface area contributed by atoms with Gasteiger partial charge in [-0.2, -0.15) is 0 Å². The summed E-state index contributed by atoms with van der Waals surface area (Å²) in [5, 5.41) is 18.0. The van der Waals surface area contributed by atoms with Gasteiger partial charge in [0.25, 0.3) is 0 Å². The highest BCUT2D eigenvalue weighted by Crippen LogP contribution is 2.42. The third-order valence-corrected chi connectivity index (χ3v) is 10.0. The normalized spacial score (nSPS) is 19.1. The minimum absolute atomic E-state index is 0.0193. The fraction of sp³-hybridized carbons (Fsp3) is 0.222. The monoisotopic (exact) mass is 707 g/mol. The van der Waals surface area contributed by atoms with Crippen molar-refractivity contribution in [2.45, 2.75) is 45.0 Å². The molecule has 1 aliphatic heterocycles. The SMILES string of the molecule is CC1C(CN(C)C(C)c2ccc3ccccc3c2)OC(c2cccc(NC(=O)Nc3ccc(Oc4ccccc4)cc3)c2)OC1c1ccc(CO)cc1. The molecule has 8 heteroatoms. The van der Waals surface area contributed by atoms with Crippen molar-refractivity contribution < 1.29 is 24.1 Å². The Hall–Kier alpha value is -5.51. The van der Waals surface area contributed by atoms with Crippen LogP contribution in [0.5, 0.6) is 11.5 Å². The Kier molecular flexibility index (Phi) is 11.1. The summed E-state index contributed by atoms with van der Waals surface area (Å²) < 4.78 is 19.4. The van der Waals surface area contributed by atoms with Crippen molar-refractivity contribution >= 4 is 28.2 Å². The molecule has 270 valence electrons. The highest BCUT2D eigenvalue weighted by molar-refractivity contribution is 5.99. The smallest absolute Gasteiger partial charge is 0.323 e. The second-order valence-corrected chi connectivity index (χ2v) is 13.7. The van der Waals surface area contributed by atoms with Gasteiger partial charge in [0.15, 0.2) is 6.29 Å². The lowest BCUT2D eigenvalue weighted by molar-refractivity contribution is -0.276. The summed E-state index contributed by atoms with van der Waals surface area (Å²) in [5.74, 6) is 1.44. The second kappa shape index (κ2) is 16.4. The zero-order chi connectivity index (χ0) is 36.7. The minimum atomic E-state index is -0.676. The number of amides is 2. The van der Waals surface area contributed by atoms with E-state index in [1.54, 1.807) is 12.1 Å². The first-order valence-corrected chi connectivity index (χ1v) is 18.0. The Balaban J connectivity index is 1.06. The van der Waals surface area contributed by atoms with E-state index in [-0.39, 0.29) is 36.8 Å². The van der Waals surface area contributed by atoms with Gasteiger partial charge >= 0.3 is 6.03 Å². The van der Waals surface area contributed by atoms with E-state index in [9.17, 15) is 9.90 Å². The van der Waals surface area contributed by atoms with E-state index in [1.807, 2.05) is 91.0 Å². The number of anilines is 2. The van der Waals surface area contributed by atoms with Gasteiger partial charge in [-0.1, -0.05) is 97.9 Å². The summed E-state index contributed by atoms with van der Waals surface area (Å²) >= 11 is 0. The summed E-state index contributed by atoms with van der Waals surface area (Å²) in [6.07, 6.45) is -1.10. The first-order valence-electron chi connectivity index (χ1n) is 18.0. The summed E-state index contributed by atoms with van der Waals surface area (Å²) in [4.78, 5) is 15.4. The maximum absolute atomic E-state index is 13.1. The molecule has 5 atom stereocenters. The number of benzene rings is 6.